The number of benzene rings is 2. The van der Waals surface area contributed by atoms with Crippen LogP contribution in [0.15, 0.2) is 58.7 Å². The summed E-state index contributed by atoms with van der Waals surface area (Å²) in [4.78, 5) is 12.1. The summed E-state index contributed by atoms with van der Waals surface area (Å²) in [6, 6.07) is 13.8. The van der Waals surface area contributed by atoms with Crippen LogP contribution in [0.1, 0.15) is 0 Å². The van der Waals surface area contributed by atoms with Crippen molar-refractivity contribution in [2.45, 2.75) is 0 Å². The summed E-state index contributed by atoms with van der Waals surface area (Å²) in [5, 5.41) is 15.4. The predicted octanol–water partition coefficient (Wildman–Crippen LogP) is 5.21. The van der Waals surface area contributed by atoms with Crippen LogP contribution in [0.25, 0.3) is 0 Å². The summed E-state index contributed by atoms with van der Waals surface area (Å²) in [6.45, 7) is 0. The highest BCUT2D eigenvalue weighted by molar-refractivity contribution is 9.10. The van der Waals surface area contributed by atoms with Crippen LogP contribution < -0.4 is 10.6 Å². The second kappa shape index (κ2) is 8.02. The molecule has 0 aromatic heterocycles. The van der Waals surface area contributed by atoms with Crippen molar-refractivity contribution in [3.05, 3.63) is 68.8 Å². The van der Waals surface area contributed by atoms with E-state index in [9.17, 15) is 4.79 Å². The van der Waals surface area contributed by atoms with Crippen LogP contribution in [0, 0.1) is 11.3 Å². The molecule has 23 heavy (non-hydrogen) atoms. The molecule has 2 aromatic rings. The van der Waals surface area contributed by atoms with E-state index in [2.05, 4.69) is 26.6 Å². The molecule has 0 saturated heterocycles. The van der Waals surface area contributed by atoms with Crippen molar-refractivity contribution in [3.8, 4) is 6.07 Å². The summed E-state index contributed by atoms with van der Waals surface area (Å²) < 4.78 is 0.879. The fraction of sp³-hybridized carbons (Fsp3) is 0. The van der Waals surface area contributed by atoms with Crippen molar-refractivity contribution in [2.75, 3.05) is 10.6 Å². The molecular weight excluding hydrogens is 401 g/mol. The SMILES string of the molecule is N#C/C(=C/Nc1cccc(Br)c1)C(=O)Nc1cc(Cl)ccc1Cl. The van der Waals surface area contributed by atoms with Crippen molar-refractivity contribution in [1.82, 2.24) is 0 Å². The number of nitrogens with zero attached hydrogens (tertiary/aromatic N) is 1. The number of hydrogen-bond donors (Lipinski definition) is 2. The Labute approximate surface area is 151 Å². The lowest BCUT2D eigenvalue weighted by molar-refractivity contribution is -0.112. The predicted molar refractivity (Wildman–Crippen MR) is 96.6 cm³/mol. The van der Waals surface area contributed by atoms with Gasteiger partial charge in [-0.15, -0.1) is 0 Å². The van der Waals surface area contributed by atoms with Gasteiger partial charge in [-0.25, -0.2) is 0 Å². The van der Waals surface area contributed by atoms with Crippen LogP contribution in [-0.2, 0) is 4.79 Å². The second-order valence-electron chi connectivity index (χ2n) is 4.40. The van der Waals surface area contributed by atoms with E-state index in [0.29, 0.717) is 15.7 Å². The lowest BCUT2D eigenvalue weighted by atomic mass is 10.2. The number of carbonyl (C=O) groups is 1. The molecule has 0 bridgehead atoms. The Morgan fingerprint density at radius 2 is 2.00 bits per heavy atom. The number of halogens is 3. The molecule has 0 heterocycles. The molecule has 0 atom stereocenters. The number of nitriles is 1. The first-order valence-corrected chi connectivity index (χ1v) is 7.93. The van der Waals surface area contributed by atoms with Crippen LogP contribution in [0.4, 0.5) is 11.4 Å². The van der Waals surface area contributed by atoms with Gasteiger partial charge in [0.1, 0.15) is 11.6 Å². The minimum Gasteiger partial charge on any atom is -0.360 e. The van der Waals surface area contributed by atoms with Crippen molar-refractivity contribution < 1.29 is 4.79 Å². The molecule has 4 nitrogen and oxygen atoms in total. The van der Waals surface area contributed by atoms with Gasteiger partial charge in [0.2, 0.25) is 0 Å². The van der Waals surface area contributed by atoms with Crippen molar-refractivity contribution in [3.63, 3.8) is 0 Å². The van der Waals surface area contributed by atoms with Crippen molar-refractivity contribution in [2.24, 2.45) is 0 Å². The Bertz CT molecular complexity index is 815. The molecule has 0 aliphatic heterocycles. The van der Waals surface area contributed by atoms with Gasteiger partial charge < -0.3 is 10.6 Å². The third-order valence-electron chi connectivity index (χ3n) is 2.75. The van der Waals surface area contributed by atoms with E-state index in [1.54, 1.807) is 12.1 Å². The third-order valence-corrected chi connectivity index (χ3v) is 3.81. The highest BCUT2D eigenvalue weighted by atomic mass is 79.9. The average Bonchev–Trinajstić information content (AvgIpc) is 2.51. The van der Waals surface area contributed by atoms with E-state index in [4.69, 9.17) is 28.5 Å². The summed E-state index contributed by atoms with van der Waals surface area (Å²) in [6.07, 6.45) is 1.33. The van der Waals surface area contributed by atoms with E-state index in [1.807, 2.05) is 30.3 Å². The molecule has 0 aliphatic carbocycles. The lowest BCUT2D eigenvalue weighted by Gasteiger charge is -2.07. The van der Waals surface area contributed by atoms with Gasteiger partial charge in [0.15, 0.2) is 0 Å². The first kappa shape index (κ1) is 17.4. The van der Waals surface area contributed by atoms with E-state index in [1.165, 1.54) is 12.3 Å². The molecule has 0 fully saturated rings. The molecule has 2 rings (SSSR count). The van der Waals surface area contributed by atoms with E-state index < -0.39 is 5.91 Å². The summed E-state index contributed by atoms with van der Waals surface area (Å²) in [7, 11) is 0. The molecule has 2 aromatic carbocycles. The molecule has 0 unspecified atom stereocenters. The highest BCUT2D eigenvalue weighted by Gasteiger charge is 2.11. The fourth-order valence-corrected chi connectivity index (χ4v) is 2.40. The molecule has 116 valence electrons. The van der Waals surface area contributed by atoms with Gasteiger partial charge in [-0.3, -0.25) is 4.79 Å². The van der Waals surface area contributed by atoms with Gasteiger partial charge in [0.05, 0.1) is 10.7 Å². The van der Waals surface area contributed by atoms with Crippen LogP contribution in [0.2, 0.25) is 10.0 Å². The zero-order valence-electron chi connectivity index (χ0n) is 11.6. The smallest absolute Gasteiger partial charge is 0.267 e. The summed E-state index contributed by atoms with van der Waals surface area (Å²) in [5.41, 5.74) is 0.981. The maximum absolute atomic E-state index is 12.1. The van der Waals surface area contributed by atoms with Gasteiger partial charge in [-0.05, 0) is 36.4 Å². The standard InChI is InChI=1S/C16H10BrCl2N3O/c17-11-2-1-3-13(6-11)21-9-10(8-20)16(23)22-15-7-12(18)4-5-14(15)19/h1-7,9,21H,(H,22,23)/b10-9-. The van der Waals surface area contributed by atoms with Crippen LogP contribution in [0.5, 0.6) is 0 Å². The molecule has 0 radical (unpaired) electrons. The Morgan fingerprint density at radius 1 is 1.22 bits per heavy atom. The number of nitrogens with one attached hydrogen (secondary N) is 2. The third kappa shape index (κ3) is 5.00. The zero-order valence-corrected chi connectivity index (χ0v) is 14.7. The van der Waals surface area contributed by atoms with E-state index in [0.717, 1.165) is 10.2 Å². The number of hydrogen-bond acceptors (Lipinski definition) is 3. The second-order valence-corrected chi connectivity index (χ2v) is 6.16. The van der Waals surface area contributed by atoms with E-state index in [-0.39, 0.29) is 5.57 Å². The molecule has 0 aliphatic rings. The highest BCUT2D eigenvalue weighted by Crippen LogP contribution is 2.25. The molecular formula is C16H10BrCl2N3O. The molecule has 1 amide bonds. The van der Waals surface area contributed by atoms with Crippen LogP contribution >= 0.6 is 39.1 Å². The first-order chi connectivity index (χ1) is 11.0. The van der Waals surface area contributed by atoms with Gasteiger partial charge >= 0.3 is 0 Å². The molecule has 2 N–H and O–H groups in total. The maximum atomic E-state index is 12.1. The summed E-state index contributed by atoms with van der Waals surface area (Å²) >= 11 is 15.2. The van der Waals surface area contributed by atoms with Gasteiger partial charge in [-0.1, -0.05) is 45.2 Å². The number of amides is 1. The Balaban J connectivity index is 2.14. The fourth-order valence-electron chi connectivity index (χ4n) is 1.67. The van der Waals surface area contributed by atoms with Gasteiger partial charge in [0, 0.05) is 21.4 Å². The maximum Gasteiger partial charge on any atom is 0.267 e. The van der Waals surface area contributed by atoms with Crippen LogP contribution in [0.3, 0.4) is 0 Å². The number of anilines is 2. The lowest BCUT2D eigenvalue weighted by Crippen LogP contribution is -2.14. The van der Waals surface area contributed by atoms with E-state index >= 15 is 0 Å². The Morgan fingerprint density at radius 3 is 2.70 bits per heavy atom. The summed E-state index contributed by atoms with van der Waals surface area (Å²) in [5.74, 6) is -0.584. The van der Waals surface area contributed by atoms with Crippen molar-refractivity contribution >= 4 is 56.4 Å². The van der Waals surface area contributed by atoms with Gasteiger partial charge in [0.25, 0.3) is 5.91 Å². The number of carbonyl (C=O) groups excluding carboxylic acids is 1. The largest absolute Gasteiger partial charge is 0.360 e. The van der Waals surface area contributed by atoms with Crippen molar-refractivity contribution in [1.29, 1.82) is 5.26 Å². The number of rotatable bonds is 4. The first-order valence-electron chi connectivity index (χ1n) is 6.38. The molecule has 0 spiro atoms. The minimum absolute atomic E-state index is 0.0963. The molecule has 7 heteroatoms. The minimum atomic E-state index is -0.584. The average molecular weight is 411 g/mol. The topological polar surface area (TPSA) is 64.9 Å². The molecule has 0 saturated carbocycles. The Hall–Kier alpha value is -2.00. The monoisotopic (exact) mass is 409 g/mol. The normalized spacial score (nSPS) is 10.8. The van der Waals surface area contributed by atoms with Crippen LogP contribution in [-0.4, -0.2) is 5.91 Å². The van der Waals surface area contributed by atoms with Gasteiger partial charge in [-0.2, -0.15) is 5.26 Å². The quantitative estimate of drug-likeness (QED) is 0.536. The zero-order chi connectivity index (χ0) is 16.8. The Kier molecular flexibility index (Phi) is 6.05.